The Labute approximate surface area is 120 Å². The summed E-state index contributed by atoms with van der Waals surface area (Å²) >= 11 is 0. The standard InChI is InChI=1S/C16H23N3O/c1-12-4-2-9-18-15(12)16(20)19-10-6-13(7-11-19)14-5-3-8-17-14/h2,4,9,13-14,17H,3,5-8,10-11H2,1H3. The van der Waals surface area contributed by atoms with E-state index in [1.165, 1.54) is 12.8 Å². The molecule has 2 aliphatic heterocycles. The first-order valence-electron chi connectivity index (χ1n) is 7.70. The van der Waals surface area contributed by atoms with E-state index in [4.69, 9.17) is 0 Å². The summed E-state index contributed by atoms with van der Waals surface area (Å²) < 4.78 is 0. The first-order chi connectivity index (χ1) is 9.75. The summed E-state index contributed by atoms with van der Waals surface area (Å²) in [4.78, 5) is 18.7. The van der Waals surface area contributed by atoms with Crippen LogP contribution < -0.4 is 5.32 Å². The van der Waals surface area contributed by atoms with Crippen molar-refractivity contribution >= 4 is 5.91 Å². The lowest BCUT2D eigenvalue weighted by Gasteiger charge is -2.34. The monoisotopic (exact) mass is 273 g/mol. The van der Waals surface area contributed by atoms with E-state index >= 15 is 0 Å². The van der Waals surface area contributed by atoms with Gasteiger partial charge >= 0.3 is 0 Å². The molecule has 2 aliphatic rings. The zero-order valence-corrected chi connectivity index (χ0v) is 12.1. The quantitative estimate of drug-likeness (QED) is 0.896. The van der Waals surface area contributed by atoms with Gasteiger partial charge in [0.15, 0.2) is 0 Å². The van der Waals surface area contributed by atoms with Crippen LogP contribution in [0.15, 0.2) is 18.3 Å². The first-order valence-corrected chi connectivity index (χ1v) is 7.70. The van der Waals surface area contributed by atoms with Crippen molar-refractivity contribution < 1.29 is 4.79 Å². The molecule has 2 saturated heterocycles. The van der Waals surface area contributed by atoms with Gasteiger partial charge in [-0.2, -0.15) is 0 Å². The van der Waals surface area contributed by atoms with Gasteiger partial charge in [-0.15, -0.1) is 0 Å². The van der Waals surface area contributed by atoms with Gasteiger partial charge in [-0.05, 0) is 56.7 Å². The molecule has 0 saturated carbocycles. The molecule has 108 valence electrons. The lowest BCUT2D eigenvalue weighted by Crippen LogP contribution is -2.43. The normalized spacial score (nSPS) is 24.1. The predicted molar refractivity (Wildman–Crippen MR) is 78.6 cm³/mol. The second-order valence-corrected chi connectivity index (χ2v) is 6.00. The van der Waals surface area contributed by atoms with Gasteiger partial charge in [-0.25, -0.2) is 0 Å². The molecule has 1 amide bonds. The highest BCUT2D eigenvalue weighted by molar-refractivity contribution is 5.93. The molecule has 3 heterocycles. The number of likely N-dealkylation sites (tertiary alicyclic amines) is 1. The number of piperidine rings is 1. The molecule has 0 spiro atoms. The highest BCUT2D eigenvalue weighted by atomic mass is 16.2. The highest BCUT2D eigenvalue weighted by Gasteiger charge is 2.30. The molecular formula is C16H23N3O. The van der Waals surface area contributed by atoms with Gasteiger partial charge in [0.25, 0.3) is 5.91 Å². The lowest BCUT2D eigenvalue weighted by atomic mass is 9.88. The summed E-state index contributed by atoms with van der Waals surface area (Å²) in [6.45, 7) is 4.86. The Morgan fingerprint density at radius 3 is 2.80 bits per heavy atom. The predicted octanol–water partition coefficient (Wildman–Crippen LogP) is 1.99. The Kier molecular flexibility index (Phi) is 4.01. The number of aryl methyl sites for hydroxylation is 1. The molecule has 4 heteroatoms. The first kappa shape index (κ1) is 13.6. The number of pyridine rings is 1. The highest BCUT2D eigenvalue weighted by Crippen LogP contribution is 2.26. The van der Waals surface area contributed by atoms with Crippen LogP contribution in [-0.4, -0.2) is 41.5 Å². The summed E-state index contributed by atoms with van der Waals surface area (Å²) in [6, 6.07) is 4.52. The number of hydrogen-bond acceptors (Lipinski definition) is 3. The molecule has 0 aromatic carbocycles. The van der Waals surface area contributed by atoms with Crippen LogP contribution in [-0.2, 0) is 0 Å². The van der Waals surface area contributed by atoms with Gasteiger partial charge in [0.05, 0.1) is 0 Å². The number of carbonyl (C=O) groups excluding carboxylic acids is 1. The van der Waals surface area contributed by atoms with Crippen LogP contribution in [0.25, 0.3) is 0 Å². The largest absolute Gasteiger partial charge is 0.337 e. The van der Waals surface area contributed by atoms with Crippen molar-refractivity contribution in [3.63, 3.8) is 0 Å². The van der Waals surface area contributed by atoms with E-state index in [-0.39, 0.29) is 5.91 Å². The summed E-state index contributed by atoms with van der Waals surface area (Å²) in [5.41, 5.74) is 1.59. The minimum absolute atomic E-state index is 0.0981. The Hall–Kier alpha value is -1.42. The number of rotatable bonds is 2. The zero-order valence-electron chi connectivity index (χ0n) is 12.1. The van der Waals surface area contributed by atoms with Crippen molar-refractivity contribution in [3.8, 4) is 0 Å². The van der Waals surface area contributed by atoms with Crippen LogP contribution in [0.5, 0.6) is 0 Å². The molecule has 4 nitrogen and oxygen atoms in total. The van der Waals surface area contributed by atoms with Gasteiger partial charge in [-0.3, -0.25) is 9.78 Å². The van der Waals surface area contributed by atoms with Crippen molar-refractivity contribution in [3.05, 3.63) is 29.6 Å². The second kappa shape index (κ2) is 5.92. The fourth-order valence-corrected chi connectivity index (χ4v) is 3.48. The molecule has 20 heavy (non-hydrogen) atoms. The van der Waals surface area contributed by atoms with Crippen LogP contribution in [0.2, 0.25) is 0 Å². The van der Waals surface area contributed by atoms with E-state index in [1.54, 1.807) is 6.20 Å². The van der Waals surface area contributed by atoms with E-state index in [9.17, 15) is 4.79 Å². The number of nitrogens with one attached hydrogen (secondary N) is 1. The van der Waals surface area contributed by atoms with Crippen LogP contribution in [0.4, 0.5) is 0 Å². The minimum Gasteiger partial charge on any atom is -0.337 e. The molecule has 1 aromatic rings. The molecule has 1 unspecified atom stereocenters. The zero-order chi connectivity index (χ0) is 13.9. The van der Waals surface area contributed by atoms with Gasteiger partial charge < -0.3 is 10.2 Å². The summed E-state index contributed by atoms with van der Waals surface area (Å²) in [5, 5.41) is 3.60. The molecular weight excluding hydrogens is 250 g/mol. The number of nitrogens with zero attached hydrogens (tertiary/aromatic N) is 2. The SMILES string of the molecule is Cc1cccnc1C(=O)N1CCC(C2CCCN2)CC1. The van der Waals surface area contributed by atoms with Crippen molar-refractivity contribution in [1.82, 2.24) is 15.2 Å². The summed E-state index contributed by atoms with van der Waals surface area (Å²) in [5.74, 6) is 0.840. The number of amides is 1. The van der Waals surface area contributed by atoms with E-state index in [1.807, 2.05) is 24.0 Å². The molecule has 1 aromatic heterocycles. The van der Waals surface area contributed by atoms with Crippen molar-refractivity contribution in [1.29, 1.82) is 0 Å². The Morgan fingerprint density at radius 1 is 1.35 bits per heavy atom. The van der Waals surface area contributed by atoms with E-state index in [0.717, 1.165) is 44.0 Å². The maximum atomic E-state index is 12.5. The van der Waals surface area contributed by atoms with Crippen LogP contribution in [0, 0.1) is 12.8 Å². The third-order valence-corrected chi connectivity index (χ3v) is 4.71. The molecule has 0 bridgehead atoms. The Morgan fingerprint density at radius 2 is 2.15 bits per heavy atom. The van der Waals surface area contributed by atoms with Gasteiger partial charge in [0.2, 0.25) is 0 Å². The van der Waals surface area contributed by atoms with Crippen molar-refractivity contribution in [2.45, 2.75) is 38.6 Å². The van der Waals surface area contributed by atoms with E-state index in [2.05, 4.69) is 10.3 Å². The van der Waals surface area contributed by atoms with Gasteiger partial charge in [-0.1, -0.05) is 6.07 Å². The number of aromatic nitrogens is 1. The summed E-state index contributed by atoms with van der Waals surface area (Å²) in [6.07, 6.45) is 6.55. The Bertz CT molecular complexity index is 474. The van der Waals surface area contributed by atoms with Gasteiger partial charge in [0.1, 0.15) is 5.69 Å². The van der Waals surface area contributed by atoms with E-state index < -0.39 is 0 Å². The van der Waals surface area contributed by atoms with Crippen LogP contribution >= 0.6 is 0 Å². The average molecular weight is 273 g/mol. The lowest BCUT2D eigenvalue weighted by molar-refractivity contribution is 0.0667. The second-order valence-electron chi connectivity index (χ2n) is 6.00. The maximum Gasteiger partial charge on any atom is 0.272 e. The minimum atomic E-state index is 0.0981. The van der Waals surface area contributed by atoms with E-state index in [0.29, 0.717) is 11.7 Å². The molecule has 3 rings (SSSR count). The van der Waals surface area contributed by atoms with Crippen LogP contribution in [0.3, 0.4) is 0 Å². The van der Waals surface area contributed by atoms with Crippen molar-refractivity contribution in [2.24, 2.45) is 5.92 Å². The third kappa shape index (κ3) is 2.70. The fraction of sp³-hybridized carbons (Fsp3) is 0.625. The topological polar surface area (TPSA) is 45.2 Å². The number of carbonyl (C=O) groups is 1. The van der Waals surface area contributed by atoms with Gasteiger partial charge in [0, 0.05) is 25.3 Å². The molecule has 1 N–H and O–H groups in total. The van der Waals surface area contributed by atoms with Crippen molar-refractivity contribution in [2.75, 3.05) is 19.6 Å². The maximum absolute atomic E-state index is 12.5. The van der Waals surface area contributed by atoms with Crippen LogP contribution in [0.1, 0.15) is 41.7 Å². The fourth-order valence-electron chi connectivity index (χ4n) is 3.48. The molecule has 0 radical (unpaired) electrons. The Balaban J connectivity index is 1.60. The average Bonchev–Trinajstić information content (AvgIpc) is 3.01. The molecule has 0 aliphatic carbocycles. The third-order valence-electron chi connectivity index (χ3n) is 4.71. The number of hydrogen-bond donors (Lipinski definition) is 1. The molecule has 1 atom stereocenters. The molecule has 2 fully saturated rings. The smallest absolute Gasteiger partial charge is 0.272 e. The summed E-state index contributed by atoms with van der Waals surface area (Å²) in [7, 11) is 0.